The molecule has 1 aliphatic carbocycles. The van der Waals surface area contributed by atoms with E-state index >= 15 is 0 Å². The fourth-order valence-electron chi connectivity index (χ4n) is 6.44. The molecule has 4 heteroatoms. The molecular weight excluding hydrogens is 360 g/mol. The molecule has 4 atom stereocenters. The number of hydrogen-bond acceptors (Lipinski definition) is 3. The predicted octanol–water partition coefficient (Wildman–Crippen LogP) is 4.05. The van der Waals surface area contributed by atoms with Gasteiger partial charge in [0, 0.05) is 25.6 Å². The Morgan fingerprint density at radius 1 is 1.14 bits per heavy atom. The summed E-state index contributed by atoms with van der Waals surface area (Å²) in [5.41, 5.74) is 2.80. The van der Waals surface area contributed by atoms with Crippen molar-refractivity contribution in [2.24, 2.45) is 11.8 Å². The number of nitrogens with zero attached hydrogens (tertiary/aromatic N) is 2. The normalized spacial score (nSPS) is 31.5. The number of ether oxygens (including phenoxy) is 1. The molecule has 4 nitrogen and oxygen atoms in total. The largest absolute Gasteiger partial charge is 0.497 e. The van der Waals surface area contributed by atoms with Crippen molar-refractivity contribution < 1.29 is 9.53 Å². The average molecular weight is 395 g/mol. The van der Waals surface area contributed by atoms with Gasteiger partial charge in [-0.2, -0.15) is 0 Å². The molecule has 0 radical (unpaired) electrons. The zero-order valence-corrected chi connectivity index (χ0v) is 17.7. The molecule has 3 fully saturated rings. The summed E-state index contributed by atoms with van der Waals surface area (Å²) >= 11 is 0. The van der Waals surface area contributed by atoms with Crippen molar-refractivity contribution in [2.45, 2.75) is 63.5 Å². The maximum atomic E-state index is 13.3. The van der Waals surface area contributed by atoms with E-state index in [2.05, 4.69) is 28.0 Å². The van der Waals surface area contributed by atoms with Crippen LogP contribution in [0.5, 0.6) is 5.75 Å². The first-order valence-corrected chi connectivity index (χ1v) is 11.6. The van der Waals surface area contributed by atoms with Gasteiger partial charge in [-0.05, 0) is 74.6 Å². The second-order valence-electron chi connectivity index (χ2n) is 9.44. The number of hydrogen-bond donors (Lipinski definition) is 0. The van der Waals surface area contributed by atoms with Gasteiger partial charge in [-0.15, -0.1) is 0 Å². The van der Waals surface area contributed by atoms with Gasteiger partial charge in [0.25, 0.3) is 0 Å². The van der Waals surface area contributed by atoms with Crippen molar-refractivity contribution in [1.82, 2.24) is 9.80 Å². The van der Waals surface area contributed by atoms with E-state index in [1.807, 2.05) is 12.1 Å². The number of rotatable bonds is 4. The van der Waals surface area contributed by atoms with Crippen LogP contribution in [0.1, 0.15) is 50.5 Å². The molecule has 29 heavy (non-hydrogen) atoms. The van der Waals surface area contributed by atoms with Crippen LogP contribution in [-0.2, 0) is 11.2 Å². The van der Waals surface area contributed by atoms with Crippen molar-refractivity contribution in [1.29, 1.82) is 0 Å². The van der Waals surface area contributed by atoms with Crippen LogP contribution in [0.15, 0.2) is 35.9 Å². The minimum Gasteiger partial charge on any atom is -0.497 e. The van der Waals surface area contributed by atoms with Crippen LogP contribution in [0.3, 0.4) is 0 Å². The van der Waals surface area contributed by atoms with Gasteiger partial charge < -0.3 is 9.64 Å². The number of fused-ring (bicyclic) bond motifs is 6. The maximum Gasteiger partial charge on any atom is 0.223 e. The maximum absolute atomic E-state index is 13.3. The van der Waals surface area contributed by atoms with Crippen LogP contribution >= 0.6 is 0 Å². The summed E-state index contributed by atoms with van der Waals surface area (Å²) in [7, 11) is 1.69. The van der Waals surface area contributed by atoms with Crippen molar-refractivity contribution >= 4 is 5.91 Å². The Morgan fingerprint density at radius 2 is 2.00 bits per heavy atom. The lowest BCUT2D eigenvalue weighted by molar-refractivity contribution is -0.136. The number of carbonyl (C=O) groups is 1. The smallest absolute Gasteiger partial charge is 0.223 e. The Labute approximate surface area is 174 Å². The van der Waals surface area contributed by atoms with E-state index in [0.717, 1.165) is 37.1 Å². The Bertz CT molecular complexity index is 772. The highest BCUT2D eigenvalue weighted by Crippen LogP contribution is 2.45. The highest BCUT2D eigenvalue weighted by Gasteiger charge is 2.46. The Balaban J connectivity index is 1.29. The minimum atomic E-state index is 0.343. The van der Waals surface area contributed by atoms with Gasteiger partial charge in [0.05, 0.1) is 13.2 Å². The van der Waals surface area contributed by atoms with Crippen molar-refractivity contribution in [2.75, 3.05) is 26.7 Å². The van der Waals surface area contributed by atoms with Crippen LogP contribution in [0, 0.1) is 11.8 Å². The average Bonchev–Trinajstić information content (AvgIpc) is 2.77. The first-order chi connectivity index (χ1) is 14.2. The number of benzene rings is 1. The fraction of sp³-hybridized carbons (Fsp3) is 0.640. The first kappa shape index (κ1) is 19.2. The van der Waals surface area contributed by atoms with E-state index < -0.39 is 0 Å². The van der Waals surface area contributed by atoms with E-state index in [0.29, 0.717) is 24.3 Å². The lowest BCUT2D eigenvalue weighted by atomic mass is 9.68. The predicted molar refractivity (Wildman–Crippen MR) is 115 cm³/mol. The summed E-state index contributed by atoms with van der Waals surface area (Å²) in [6.07, 6.45) is 11.8. The van der Waals surface area contributed by atoms with Gasteiger partial charge in [0.2, 0.25) is 5.91 Å². The van der Waals surface area contributed by atoms with E-state index in [1.165, 1.54) is 50.8 Å². The van der Waals surface area contributed by atoms with Gasteiger partial charge in [0.1, 0.15) is 5.75 Å². The first-order valence-electron chi connectivity index (χ1n) is 11.6. The van der Waals surface area contributed by atoms with Gasteiger partial charge in [-0.3, -0.25) is 9.69 Å². The number of amides is 1. The van der Waals surface area contributed by atoms with E-state index in [-0.39, 0.29) is 0 Å². The Morgan fingerprint density at radius 3 is 2.83 bits per heavy atom. The molecular formula is C25H34N2O2. The summed E-state index contributed by atoms with van der Waals surface area (Å²) in [6.45, 7) is 3.40. The minimum absolute atomic E-state index is 0.343. The number of likely N-dealkylation sites (tertiary alicyclic amines) is 1. The van der Waals surface area contributed by atoms with E-state index in [4.69, 9.17) is 4.74 Å². The molecule has 4 aliphatic rings. The molecule has 0 unspecified atom stereocenters. The molecule has 0 aromatic heterocycles. The standard InChI is InChI=1S/C25H34N2O2/c1-29-22-10-7-18(8-11-22)9-12-24(28)27-14-4-5-19-15-20-16-21(25(19)27)17-26-13-3-2-6-23(20)26/h7-8,10-11,15,20-21,23,25H,2-6,9,12-14,16-17H2,1H3/t20-,21+,23+,25+/m0/s1. The molecule has 156 valence electrons. The van der Waals surface area contributed by atoms with E-state index in [9.17, 15) is 4.79 Å². The number of methoxy groups -OCH3 is 1. The Hall–Kier alpha value is -1.81. The third-order valence-corrected chi connectivity index (χ3v) is 7.76. The van der Waals surface area contributed by atoms with Crippen molar-refractivity contribution in [3.63, 3.8) is 0 Å². The topological polar surface area (TPSA) is 32.8 Å². The number of carbonyl (C=O) groups excluding carboxylic acids is 1. The summed E-state index contributed by atoms with van der Waals surface area (Å²) in [5.74, 6) is 2.58. The molecule has 1 aromatic carbocycles. The quantitative estimate of drug-likeness (QED) is 0.723. The molecule has 2 bridgehead atoms. The van der Waals surface area contributed by atoms with Crippen LogP contribution < -0.4 is 4.74 Å². The SMILES string of the molecule is COc1ccc(CCC(=O)N2CCCC3=C[C@H]4C[C@H](CN5CCCC[C@H]45)[C@@H]32)cc1. The van der Waals surface area contributed by atoms with E-state index in [1.54, 1.807) is 12.7 Å². The summed E-state index contributed by atoms with van der Waals surface area (Å²) in [4.78, 5) is 18.3. The third-order valence-electron chi connectivity index (χ3n) is 7.76. The second kappa shape index (κ2) is 8.14. The molecule has 3 aliphatic heterocycles. The monoisotopic (exact) mass is 394 g/mol. The number of aryl methyl sites for hydroxylation is 1. The van der Waals surface area contributed by atoms with Gasteiger partial charge in [-0.1, -0.05) is 30.2 Å². The van der Waals surface area contributed by atoms with Crippen LogP contribution in [0.4, 0.5) is 0 Å². The molecule has 0 saturated carbocycles. The van der Waals surface area contributed by atoms with Gasteiger partial charge >= 0.3 is 0 Å². The molecule has 3 saturated heterocycles. The van der Waals surface area contributed by atoms with Crippen LogP contribution in [0.2, 0.25) is 0 Å². The third kappa shape index (κ3) is 3.72. The summed E-state index contributed by atoms with van der Waals surface area (Å²) in [5, 5.41) is 0. The Kier molecular flexibility index (Phi) is 5.38. The van der Waals surface area contributed by atoms with Crippen LogP contribution in [0.25, 0.3) is 0 Å². The van der Waals surface area contributed by atoms with Gasteiger partial charge in [-0.25, -0.2) is 0 Å². The summed E-state index contributed by atoms with van der Waals surface area (Å²) in [6, 6.07) is 9.27. The lowest BCUT2D eigenvalue weighted by Crippen LogP contribution is -2.60. The zero-order valence-electron chi connectivity index (χ0n) is 17.7. The zero-order chi connectivity index (χ0) is 19.8. The lowest BCUT2D eigenvalue weighted by Gasteiger charge is -2.54. The summed E-state index contributed by atoms with van der Waals surface area (Å²) < 4.78 is 5.24. The fourth-order valence-corrected chi connectivity index (χ4v) is 6.44. The van der Waals surface area contributed by atoms with Crippen molar-refractivity contribution in [3.05, 3.63) is 41.5 Å². The molecule has 0 spiro atoms. The molecule has 5 rings (SSSR count). The second-order valence-corrected chi connectivity index (χ2v) is 9.44. The molecule has 3 heterocycles. The number of piperidine rings is 3. The highest BCUT2D eigenvalue weighted by atomic mass is 16.5. The van der Waals surface area contributed by atoms with Crippen LogP contribution in [-0.4, -0.2) is 54.5 Å². The molecule has 1 aromatic rings. The molecule has 0 N–H and O–H groups in total. The van der Waals surface area contributed by atoms with Gasteiger partial charge in [0.15, 0.2) is 0 Å². The highest BCUT2D eigenvalue weighted by molar-refractivity contribution is 5.77. The molecule has 1 amide bonds. The van der Waals surface area contributed by atoms with Crippen molar-refractivity contribution in [3.8, 4) is 5.75 Å².